The lowest BCUT2D eigenvalue weighted by Gasteiger charge is -2.11. The molecule has 5 nitrogen and oxygen atoms in total. The van der Waals surface area contributed by atoms with E-state index < -0.39 is 0 Å². The van der Waals surface area contributed by atoms with Crippen LogP contribution in [0.25, 0.3) is 0 Å². The first-order chi connectivity index (χ1) is 11.2. The normalized spacial score (nSPS) is 10.3. The summed E-state index contributed by atoms with van der Waals surface area (Å²) in [6, 6.07) is 11.1. The van der Waals surface area contributed by atoms with E-state index in [2.05, 4.69) is 10.6 Å². The summed E-state index contributed by atoms with van der Waals surface area (Å²) in [4.78, 5) is 24.4. The fourth-order valence-corrected chi connectivity index (χ4v) is 2.62. The monoisotopic (exact) mass is 332 g/mol. The molecule has 23 heavy (non-hydrogen) atoms. The highest BCUT2D eigenvalue weighted by atomic mass is 32.1. The second kappa shape index (κ2) is 9.07. The maximum Gasteiger partial charge on any atom is 0.261 e. The van der Waals surface area contributed by atoms with Crippen molar-refractivity contribution in [3.05, 3.63) is 52.2 Å². The standard InChI is InChI=1S/C17H20N2O3S/c1-2-22-12-13-6-3-4-7-14(13)19-16(20)9-10-18-17(21)15-8-5-11-23-15/h3-8,11H,2,9-10,12H2,1H3,(H,18,21)(H,19,20). The molecular formula is C17H20N2O3S. The molecule has 0 radical (unpaired) electrons. The zero-order chi connectivity index (χ0) is 16.5. The smallest absolute Gasteiger partial charge is 0.261 e. The number of ether oxygens (including phenoxy) is 1. The molecule has 0 aliphatic carbocycles. The van der Waals surface area contributed by atoms with Gasteiger partial charge in [0.25, 0.3) is 5.91 Å². The number of anilines is 1. The summed E-state index contributed by atoms with van der Waals surface area (Å²) >= 11 is 1.38. The van der Waals surface area contributed by atoms with Gasteiger partial charge in [-0.1, -0.05) is 24.3 Å². The van der Waals surface area contributed by atoms with Gasteiger partial charge in [0.05, 0.1) is 11.5 Å². The molecule has 1 aromatic heterocycles. The van der Waals surface area contributed by atoms with Crippen molar-refractivity contribution in [1.29, 1.82) is 0 Å². The molecule has 0 bridgehead atoms. The van der Waals surface area contributed by atoms with Crippen molar-refractivity contribution in [3.8, 4) is 0 Å². The molecule has 1 aromatic carbocycles. The third kappa shape index (κ3) is 5.50. The summed E-state index contributed by atoms with van der Waals surface area (Å²) in [5, 5.41) is 7.44. The van der Waals surface area contributed by atoms with Gasteiger partial charge < -0.3 is 15.4 Å². The van der Waals surface area contributed by atoms with Crippen molar-refractivity contribution >= 4 is 28.8 Å². The number of benzene rings is 1. The molecule has 0 atom stereocenters. The number of carbonyl (C=O) groups excluding carboxylic acids is 2. The van der Waals surface area contributed by atoms with E-state index in [4.69, 9.17) is 4.74 Å². The molecule has 2 rings (SSSR count). The van der Waals surface area contributed by atoms with E-state index >= 15 is 0 Å². The maximum absolute atomic E-state index is 12.0. The minimum Gasteiger partial charge on any atom is -0.377 e. The first-order valence-electron chi connectivity index (χ1n) is 7.48. The number of amides is 2. The third-order valence-corrected chi connectivity index (χ3v) is 4.00. The van der Waals surface area contributed by atoms with Crippen LogP contribution in [0.5, 0.6) is 0 Å². The highest BCUT2D eigenvalue weighted by Crippen LogP contribution is 2.16. The SMILES string of the molecule is CCOCc1ccccc1NC(=O)CCNC(=O)c1cccs1. The second-order valence-corrected chi connectivity index (χ2v) is 5.77. The Kier molecular flexibility index (Phi) is 6.77. The largest absolute Gasteiger partial charge is 0.377 e. The minimum atomic E-state index is -0.149. The van der Waals surface area contributed by atoms with Crippen molar-refractivity contribution in [2.24, 2.45) is 0 Å². The van der Waals surface area contributed by atoms with Crippen LogP contribution < -0.4 is 10.6 Å². The lowest BCUT2D eigenvalue weighted by atomic mass is 10.2. The predicted octanol–water partition coefficient (Wildman–Crippen LogP) is 3.04. The Balaban J connectivity index is 1.79. The average molecular weight is 332 g/mol. The van der Waals surface area contributed by atoms with Crippen molar-refractivity contribution < 1.29 is 14.3 Å². The van der Waals surface area contributed by atoms with Crippen LogP contribution in [-0.2, 0) is 16.1 Å². The maximum atomic E-state index is 12.0. The van der Waals surface area contributed by atoms with Crippen molar-refractivity contribution in [2.45, 2.75) is 20.0 Å². The first kappa shape index (κ1) is 17.2. The topological polar surface area (TPSA) is 67.4 Å². The number of rotatable bonds is 8. The average Bonchev–Trinajstić information content (AvgIpc) is 3.08. The molecule has 0 aliphatic heterocycles. The zero-order valence-electron chi connectivity index (χ0n) is 13.0. The highest BCUT2D eigenvalue weighted by Gasteiger charge is 2.09. The summed E-state index contributed by atoms with van der Waals surface area (Å²) in [6.07, 6.45) is 0.222. The summed E-state index contributed by atoms with van der Waals surface area (Å²) in [5.41, 5.74) is 1.68. The fraction of sp³-hybridized carbons (Fsp3) is 0.294. The van der Waals surface area contributed by atoms with E-state index in [1.54, 1.807) is 6.07 Å². The Morgan fingerprint density at radius 1 is 1.17 bits per heavy atom. The molecular weight excluding hydrogens is 312 g/mol. The van der Waals surface area contributed by atoms with Gasteiger partial charge in [0.2, 0.25) is 5.91 Å². The molecule has 0 aliphatic rings. The van der Waals surface area contributed by atoms with Crippen LogP contribution in [0.3, 0.4) is 0 Å². The Morgan fingerprint density at radius 2 is 2.00 bits per heavy atom. The summed E-state index contributed by atoms with van der Waals surface area (Å²) in [6.45, 7) is 3.31. The summed E-state index contributed by atoms with van der Waals surface area (Å²) < 4.78 is 5.39. The predicted molar refractivity (Wildman–Crippen MR) is 91.7 cm³/mol. The van der Waals surface area contributed by atoms with Gasteiger partial charge in [0, 0.05) is 30.8 Å². The summed E-state index contributed by atoms with van der Waals surface area (Å²) in [5.74, 6) is -0.287. The van der Waals surface area contributed by atoms with Crippen LogP contribution in [0.15, 0.2) is 41.8 Å². The van der Waals surface area contributed by atoms with Crippen LogP contribution in [0.4, 0.5) is 5.69 Å². The molecule has 0 saturated carbocycles. The lowest BCUT2D eigenvalue weighted by Crippen LogP contribution is -2.27. The Bertz CT molecular complexity index is 641. The van der Waals surface area contributed by atoms with Gasteiger partial charge in [-0.05, 0) is 24.4 Å². The van der Waals surface area contributed by atoms with Gasteiger partial charge in [0.15, 0.2) is 0 Å². The van der Waals surface area contributed by atoms with Gasteiger partial charge in [-0.25, -0.2) is 0 Å². The van der Waals surface area contributed by atoms with Crippen LogP contribution in [0, 0.1) is 0 Å². The number of nitrogens with one attached hydrogen (secondary N) is 2. The molecule has 0 unspecified atom stereocenters. The number of hydrogen-bond acceptors (Lipinski definition) is 4. The van der Waals surface area contributed by atoms with Crippen molar-refractivity contribution in [2.75, 3.05) is 18.5 Å². The van der Waals surface area contributed by atoms with Gasteiger partial charge in [-0.2, -0.15) is 0 Å². The van der Waals surface area contributed by atoms with Gasteiger partial charge >= 0.3 is 0 Å². The van der Waals surface area contributed by atoms with E-state index in [0.717, 1.165) is 11.3 Å². The van der Waals surface area contributed by atoms with Crippen LogP contribution >= 0.6 is 11.3 Å². The van der Waals surface area contributed by atoms with Gasteiger partial charge in [-0.3, -0.25) is 9.59 Å². The number of carbonyl (C=O) groups is 2. The lowest BCUT2D eigenvalue weighted by molar-refractivity contribution is -0.116. The Hall–Kier alpha value is -2.18. The van der Waals surface area contributed by atoms with E-state index in [1.807, 2.05) is 42.6 Å². The second-order valence-electron chi connectivity index (χ2n) is 4.83. The van der Waals surface area contributed by atoms with Crippen LogP contribution in [0.2, 0.25) is 0 Å². The molecule has 122 valence electrons. The van der Waals surface area contributed by atoms with Crippen molar-refractivity contribution in [3.63, 3.8) is 0 Å². The van der Waals surface area contributed by atoms with Crippen molar-refractivity contribution in [1.82, 2.24) is 5.32 Å². The third-order valence-electron chi connectivity index (χ3n) is 3.14. The molecule has 1 heterocycles. The quantitative estimate of drug-likeness (QED) is 0.781. The molecule has 6 heteroatoms. The Morgan fingerprint density at radius 3 is 2.74 bits per heavy atom. The molecule has 0 saturated heterocycles. The van der Waals surface area contributed by atoms with E-state index in [0.29, 0.717) is 24.6 Å². The molecule has 0 fully saturated rings. The number of thiophene rings is 1. The molecule has 2 N–H and O–H groups in total. The number of hydrogen-bond donors (Lipinski definition) is 2. The van der Waals surface area contributed by atoms with Gasteiger partial charge in [-0.15, -0.1) is 11.3 Å². The van der Waals surface area contributed by atoms with E-state index in [-0.39, 0.29) is 18.2 Å². The summed E-state index contributed by atoms with van der Waals surface area (Å²) in [7, 11) is 0. The van der Waals surface area contributed by atoms with Gasteiger partial charge in [0.1, 0.15) is 0 Å². The fourth-order valence-electron chi connectivity index (χ4n) is 1.98. The van der Waals surface area contributed by atoms with E-state index in [9.17, 15) is 9.59 Å². The molecule has 0 spiro atoms. The van der Waals surface area contributed by atoms with Crippen LogP contribution in [0.1, 0.15) is 28.6 Å². The van der Waals surface area contributed by atoms with E-state index in [1.165, 1.54) is 11.3 Å². The molecule has 2 aromatic rings. The zero-order valence-corrected chi connectivity index (χ0v) is 13.8. The first-order valence-corrected chi connectivity index (χ1v) is 8.36. The highest BCUT2D eigenvalue weighted by molar-refractivity contribution is 7.12. The molecule has 2 amide bonds. The number of para-hydroxylation sites is 1. The van der Waals surface area contributed by atoms with Crippen LogP contribution in [-0.4, -0.2) is 25.0 Å². The minimum absolute atomic E-state index is 0.138. The Labute approximate surface area is 139 Å².